The van der Waals surface area contributed by atoms with Crippen molar-refractivity contribution in [3.8, 4) is 0 Å². The third-order valence-corrected chi connectivity index (χ3v) is 2.36. The number of aliphatic hydroxyl groups excluding tert-OH is 1. The van der Waals surface area contributed by atoms with Gasteiger partial charge in [0.1, 0.15) is 0 Å². The lowest BCUT2D eigenvalue weighted by Gasteiger charge is -2.13. The minimum atomic E-state index is -0.497. The molecule has 2 atom stereocenters. The van der Waals surface area contributed by atoms with Crippen molar-refractivity contribution in [3.63, 3.8) is 0 Å². The van der Waals surface area contributed by atoms with Crippen LogP contribution in [-0.4, -0.2) is 9.93 Å². The lowest BCUT2D eigenvalue weighted by Crippen LogP contribution is -2.07. The second kappa shape index (κ2) is 4.26. The first kappa shape index (κ1) is 10.0. The van der Waals surface area contributed by atoms with Crippen molar-refractivity contribution in [2.75, 3.05) is 0 Å². The van der Waals surface area contributed by atoms with E-state index in [1.54, 1.807) is 12.1 Å². The van der Waals surface area contributed by atoms with Crippen LogP contribution in [0.2, 0.25) is 5.02 Å². The van der Waals surface area contributed by atoms with Crippen molar-refractivity contribution in [1.82, 2.24) is 0 Å². The molecule has 1 aromatic carbocycles. The summed E-state index contributed by atoms with van der Waals surface area (Å²) in [6.07, 6.45) is -0.497. The molecule has 1 aromatic rings. The molecular weight excluding hydrogens is 239 g/mol. The smallest absolute Gasteiger partial charge is 0.0912 e. The van der Waals surface area contributed by atoms with Crippen LogP contribution in [0.1, 0.15) is 18.6 Å². The monoisotopic (exact) mass is 248 g/mol. The van der Waals surface area contributed by atoms with Crippen LogP contribution in [0, 0.1) is 0 Å². The van der Waals surface area contributed by atoms with E-state index in [0.29, 0.717) is 5.02 Å². The zero-order valence-electron chi connectivity index (χ0n) is 6.67. The molecule has 66 valence electrons. The summed E-state index contributed by atoms with van der Waals surface area (Å²) in [5.41, 5.74) is 0.840. The molecule has 2 unspecified atom stereocenters. The normalized spacial score (nSPS) is 15.7. The molecule has 12 heavy (non-hydrogen) atoms. The van der Waals surface area contributed by atoms with Crippen molar-refractivity contribution in [1.29, 1.82) is 0 Å². The zero-order valence-corrected chi connectivity index (χ0v) is 9.01. The van der Waals surface area contributed by atoms with Crippen molar-refractivity contribution >= 4 is 27.5 Å². The number of benzene rings is 1. The van der Waals surface area contributed by atoms with E-state index in [0.717, 1.165) is 5.56 Å². The van der Waals surface area contributed by atoms with E-state index in [4.69, 9.17) is 11.6 Å². The third-order valence-electron chi connectivity index (χ3n) is 1.63. The molecule has 0 saturated carbocycles. The third kappa shape index (κ3) is 2.47. The van der Waals surface area contributed by atoms with E-state index < -0.39 is 6.10 Å². The Labute approximate surface area is 85.5 Å². The summed E-state index contributed by atoms with van der Waals surface area (Å²) in [4.78, 5) is 0.0379. The molecule has 0 aliphatic heterocycles. The highest BCUT2D eigenvalue weighted by atomic mass is 79.9. The molecule has 0 aliphatic carbocycles. The molecule has 1 N–H and O–H groups in total. The molecule has 1 rings (SSSR count). The van der Waals surface area contributed by atoms with Gasteiger partial charge in [0.15, 0.2) is 0 Å². The van der Waals surface area contributed by atoms with Gasteiger partial charge in [-0.25, -0.2) is 0 Å². The van der Waals surface area contributed by atoms with Crippen LogP contribution in [0.15, 0.2) is 24.3 Å². The molecule has 0 heterocycles. The maximum absolute atomic E-state index is 9.62. The van der Waals surface area contributed by atoms with Crippen LogP contribution in [0.4, 0.5) is 0 Å². The lowest BCUT2D eigenvalue weighted by molar-refractivity contribution is 0.181. The first-order valence-corrected chi connectivity index (χ1v) is 4.98. The Kier molecular flexibility index (Phi) is 3.56. The quantitative estimate of drug-likeness (QED) is 0.798. The van der Waals surface area contributed by atoms with Gasteiger partial charge in [-0.1, -0.05) is 39.7 Å². The average Bonchev–Trinajstić information content (AvgIpc) is 2.03. The Bertz CT molecular complexity index is 262. The highest BCUT2D eigenvalue weighted by Crippen LogP contribution is 2.23. The number of halogens is 2. The molecule has 0 aliphatic rings. The van der Waals surface area contributed by atoms with Crippen LogP contribution in [0.25, 0.3) is 0 Å². The van der Waals surface area contributed by atoms with Gasteiger partial charge in [-0.05, 0) is 24.6 Å². The van der Waals surface area contributed by atoms with Gasteiger partial charge in [0.25, 0.3) is 0 Å². The van der Waals surface area contributed by atoms with E-state index in [9.17, 15) is 5.11 Å². The van der Waals surface area contributed by atoms with Gasteiger partial charge >= 0.3 is 0 Å². The number of hydrogen-bond donors (Lipinski definition) is 1. The molecular formula is C9H10BrClO. The highest BCUT2D eigenvalue weighted by molar-refractivity contribution is 9.09. The van der Waals surface area contributed by atoms with Crippen LogP contribution < -0.4 is 0 Å². The summed E-state index contributed by atoms with van der Waals surface area (Å²) in [5, 5.41) is 10.3. The van der Waals surface area contributed by atoms with Crippen LogP contribution >= 0.6 is 27.5 Å². The number of alkyl halides is 1. The van der Waals surface area contributed by atoms with Crippen molar-refractivity contribution in [3.05, 3.63) is 34.9 Å². The SMILES string of the molecule is CC(Br)C(O)c1cccc(Cl)c1. The van der Waals surface area contributed by atoms with E-state index in [1.807, 2.05) is 19.1 Å². The first-order chi connectivity index (χ1) is 5.61. The zero-order chi connectivity index (χ0) is 9.14. The largest absolute Gasteiger partial charge is 0.387 e. The van der Waals surface area contributed by atoms with E-state index in [-0.39, 0.29) is 4.83 Å². The van der Waals surface area contributed by atoms with Crippen LogP contribution in [-0.2, 0) is 0 Å². The van der Waals surface area contributed by atoms with Crippen molar-refractivity contribution in [2.45, 2.75) is 17.9 Å². The summed E-state index contributed by atoms with van der Waals surface area (Å²) in [5.74, 6) is 0. The minimum absolute atomic E-state index is 0.0379. The molecule has 0 fully saturated rings. The van der Waals surface area contributed by atoms with Gasteiger partial charge < -0.3 is 5.11 Å². The molecule has 0 saturated heterocycles. The van der Waals surface area contributed by atoms with Crippen LogP contribution in [0.5, 0.6) is 0 Å². The van der Waals surface area contributed by atoms with E-state index >= 15 is 0 Å². The van der Waals surface area contributed by atoms with Gasteiger partial charge in [-0.15, -0.1) is 0 Å². The predicted octanol–water partition coefficient (Wildman–Crippen LogP) is 3.16. The van der Waals surface area contributed by atoms with Gasteiger partial charge in [-0.2, -0.15) is 0 Å². The fourth-order valence-electron chi connectivity index (χ4n) is 0.956. The molecule has 0 radical (unpaired) electrons. The summed E-state index contributed by atoms with van der Waals surface area (Å²) < 4.78 is 0. The summed E-state index contributed by atoms with van der Waals surface area (Å²) in [6, 6.07) is 7.24. The minimum Gasteiger partial charge on any atom is -0.387 e. The maximum Gasteiger partial charge on any atom is 0.0912 e. The van der Waals surface area contributed by atoms with Gasteiger partial charge in [-0.3, -0.25) is 0 Å². The predicted molar refractivity (Wildman–Crippen MR) is 54.8 cm³/mol. The van der Waals surface area contributed by atoms with Crippen molar-refractivity contribution < 1.29 is 5.11 Å². The van der Waals surface area contributed by atoms with Gasteiger partial charge in [0.2, 0.25) is 0 Å². The maximum atomic E-state index is 9.62. The topological polar surface area (TPSA) is 20.2 Å². The number of aliphatic hydroxyl groups is 1. The summed E-state index contributed by atoms with van der Waals surface area (Å²) in [7, 11) is 0. The van der Waals surface area contributed by atoms with Crippen LogP contribution in [0.3, 0.4) is 0 Å². The van der Waals surface area contributed by atoms with Crippen molar-refractivity contribution in [2.24, 2.45) is 0 Å². The number of hydrogen-bond acceptors (Lipinski definition) is 1. The van der Waals surface area contributed by atoms with Gasteiger partial charge in [0.05, 0.1) is 6.10 Å². The van der Waals surface area contributed by atoms with E-state index in [1.165, 1.54) is 0 Å². The molecule has 0 amide bonds. The Balaban J connectivity index is 2.88. The average molecular weight is 250 g/mol. The fraction of sp³-hybridized carbons (Fsp3) is 0.333. The lowest BCUT2D eigenvalue weighted by atomic mass is 10.1. The van der Waals surface area contributed by atoms with Gasteiger partial charge in [0, 0.05) is 9.85 Å². The first-order valence-electron chi connectivity index (χ1n) is 3.69. The molecule has 0 spiro atoms. The van der Waals surface area contributed by atoms with E-state index in [2.05, 4.69) is 15.9 Å². The standard InChI is InChI=1S/C9H10BrClO/c1-6(10)9(12)7-3-2-4-8(11)5-7/h2-6,9,12H,1H3. The second-order valence-corrected chi connectivity index (χ2v) is 4.56. The Morgan fingerprint density at radius 1 is 1.50 bits per heavy atom. The summed E-state index contributed by atoms with van der Waals surface area (Å²) >= 11 is 9.08. The highest BCUT2D eigenvalue weighted by Gasteiger charge is 2.12. The number of rotatable bonds is 2. The molecule has 0 bridgehead atoms. The molecule has 0 aromatic heterocycles. The Morgan fingerprint density at radius 3 is 2.67 bits per heavy atom. The molecule has 3 heteroatoms. The Hall–Kier alpha value is -0.0500. The fourth-order valence-corrected chi connectivity index (χ4v) is 1.46. The Morgan fingerprint density at radius 2 is 2.17 bits per heavy atom. The summed E-state index contributed by atoms with van der Waals surface area (Å²) in [6.45, 7) is 1.89. The molecule has 1 nitrogen and oxygen atoms in total. The second-order valence-electron chi connectivity index (χ2n) is 2.68.